The zero-order chi connectivity index (χ0) is 83.1. The van der Waals surface area contributed by atoms with Gasteiger partial charge in [0, 0.05) is 126 Å². The van der Waals surface area contributed by atoms with Crippen molar-refractivity contribution in [2.24, 2.45) is 0 Å². The molecule has 0 fully saturated rings. The molecular formula is C111H68N12S3. The van der Waals surface area contributed by atoms with E-state index >= 15 is 0 Å². The third-order valence-corrected chi connectivity index (χ3v) is 27.3. The first kappa shape index (κ1) is 73.7. The first-order chi connectivity index (χ1) is 62.5. The first-order valence-electron chi connectivity index (χ1n) is 41.8. The zero-order valence-electron chi connectivity index (χ0n) is 67.4. The molecule has 0 spiro atoms. The highest BCUT2D eigenvalue weighted by Gasteiger charge is 2.27. The number of aromatic nitrogens is 12. The molecule has 17 aromatic carbocycles. The van der Waals surface area contributed by atoms with Gasteiger partial charge in [-0.2, -0.15) is 29.9 Å². The molecule has 0 radical (unpaired) electrons. The van der Waals surface area contributed by atoms with Crippen LogP contribution in [0.1, 0.15) is 0 Å². The highest BCUT2D eigenvalue weighted by Crippen LogP contribution is 2.49. The van der Waals surface area contributed by atoms with E-state index in [2.05, 4.69) is 244 Å². The smallest absolute Gasteiger partial charge is 0.238 e. The Balaban J connectivity index is 0.000000106. The number of hydrogen-bond acceptors (Lipinski definition) is 12. The van der Waals surface area contributed by atoms with Crippen LogP contribution in [0.15, 0.2) is 413 Å². The van der Waals surface area contributed by atoms with E-state index in [0.717, 1.165) is 66.5 Å². The van der Waals surface area contributed by atoms with Crippen molar-refractivity contribution in [3.05, 3.63) is 413 Å². The largest absolute Gasteiger partial charge is 0.278 e. The Bertz CT molecular complexity index is 8530. The molecule has 12 nitrogen and oxygen atoms in total. The number of benzene rings is 17. The van der Waals surface area contributed by atoms with E-state index in [1.54, 1.807) is 0 Å². The fourth-order valence-electron chi connectivity index (χ4n) is 17.8. The zero-order valence-corrected chi connectivity index (χ0v) is 69.8. The summed E-state index contributed by atoms with van der Waals surface area (Å²) in [6, 6.07) is 143. The number of nitrogens with zero attached hydrogens (tertiary/aromatic N) is 12. The van der Waals surface area contributed by atoms with Crippen LogP contribution in [0.4, 0.5) is 0 Å². The van der Waals surface area contributed by atoms with E-state index in [1.165, 1.54) is 115 Å². The van der Waals surface area contributed by atoms with Gasteiger partial charge in [-0.25, -0.2) is 15.0 Å². The van der Waals surface area contributed by atoms with E-state index in [-0.39, 0.29) is 0 Å². The summed E-state index contributed by atoms with van der Waals surface area (Å²) in [5.74, 6) is 5.73. The molecule has 0 aliphatic carbocycles. The van der Waals surface area contributed by atoms with Crippen LogP contribution in [0.25, 0.3) is 234 Å². The average Bonchev–Trinajstić information content (AvgIpc) is 1.55. The van der Waals surface area contributed by atoms with E-state index < -0.39 is 0 Å². The van der Waals surface area contributed by atoms with Crippen molar-refractivity contribution in [1.82, 2.24) is 58.6 Å². The number of rotatable bonds is 11. The lowest BCUT2D eigenvalue weighted by Crippen LogP contribution is -2.06. The van der Waals surface area contributed by atoms with Gasteiger partial charge in [0.05, 0.1) is 33.1 Å². The summed E-state index contributed by atoms with van der Waals surface area (Å²) in [6.45, 7) is 0. The highest BCUT2D eigenvalue weighted by atomic mass is 32.1. The molecule has 0 unspecified atom stereocenters. The molecule has 9 heterocycles. The normalized spacial score (nSPS) is 11.7. The van der Waals surface area contributed by atoms with Gasteiger partial charge >= 0.3 is 0 Å². The van der Waals surface area contributed by atoms with Crippen molar-refractivity contribution >= 4 is 160 Å². The standard InChI is InChI=1S/2C39H24N4S.C33H20N4S/c1-4-13-25(14-5-1)28-20-12-21-29-30-23-24-33-34(36(30)44-35(28)29)31-19-10-11-22-32(31)43(33)39-41-37(26-15-6-2-7-16-26)40-38(42-39)27-17-8-3-9-18-27;1-4-12-25(13-5-1)28-20-22-32-31(24-28)35-33(23-21-30-29-18-10-11-19-34(29)44-36(30)35)43(32)39-41-37(26-14-6-2-7-15-26)40-38(42-39)27-16-8-3-9-17-27;1-3-11-21(12-4-1)31-34-32(22-13-5-2-6-14-22)36-33(35-31)37-26-17-9-7-16-25(26)29-27(37)20-19-24-23-15-8-10-18-28(23)38-30(24)29/h2*1-24H;1-20H. The molecule has 0 amide bonds. The lowest BCUT2D eigenvalue weighted by atomic mass is 10.0. The molecule has 0 aliphatic heterocycles. The topological polar surface area (TPSA) is 131 Å². The van der Waals surface area contributed by atoms with Crippen LogP contribution in [0.5, 0.6) is 0 Å². The maximum absolute atomic E-state index is 5.12. The lowest BCUT2D eigenvalue weighted by Gasteiger charge is -2.11. The number of thiophene rings is 3. The molecule has 26 aromatic rings. The van der Waals surface area contributed by atoms with Gasteiger partial charge < -0.3 is 0 Å². The Morgan fingerprint density at radius 3 is 0.802 bits per heavy atom. The Morgan fingerprint density at radius 1 is 0.159 bits per heavy atom. The number of fused-ring (bicyclic) bond motifs is 21. The van der Waals surface area contributed by atoms with Crippen molar-refractivity contribution in [3.8, 4) is 108 Å². The Morgan fingerprint density at radius 2 is 0.429 bits per heavy atom. The second-order valence-corrected chi connectivity index (χ2v) is 34.2. The fraction of sp³-hybridized carbons (Fsp3) is 0. The predicted octanol–water partition coefficient (Wildman–Crippen LogP) is 29.3. The maximum atomic E-state index is 5.12. The average molecular weight is 1670 g/mol. The van der Waals surface area contributed by atoms with Crippen LogP contribution < -0.4 is 0 Å². The van der Waals surface area contributed by atoms with E-state index in [1.807, 2.05) is 216 Å². The van der Waals surface area contributed by atoms with Crippen LogP contribution in [0.2, 0.25) is 0 Å². The van der Waals surface area contributed by atoms with Crippen LogP contribution >= 0.6 is 34.0 Å². The van der Waals surface area contributed by atoms with Crippen molar-refractivity contribution in [1.29, 1.82) is 0 Å². The molecular weight excluding hydrogens is 1600 g/mol. The Kier molecular flexibility index (Phi) is 18.2. The number of hydrogen-bond donors (Lipinski definition) is 0. The van der Waals surface area contributed by atoms with E-state index in [9.17, 15) is 0 Å². The monoisotopic (exact) mass is 1660 g/mol. The molecule has 0 bridgehead atoms. The highest BCUT2D eigenvalue weighted by molar-refractivity contribution is 7.28. The minimum absolute atomic E-state index is 0.602. The third kappa shape index (κ3) is 12.8. The number of para-hydroxylation sites is 2. The molecule has 26 rings (SSSR count). The minimum atomic E-state index is 0.602. The SMILES string of the molecule is c1ccc(-c2ccc3c(c2)c2c4sc5ccccc5c4ccc2n3-c2nc(-c3ccccc3)nc(-c3ccccc3)n2)cc1.c1ccc(-c2nc(-c3ccccc3)nc(-n3c4ccccc4c4c5sc6c(-c7ccccc7)cccc6c5ccc43)n2)cc1.c1ccc(-c2nc(-c3ccccc3)nc(-n3c4ccccc4c4c5sc6ccccc6c5ccc43)n2)cc1. The second-order valence-electron chi connectivity index (χ2n) is 31.0. The molecule has 590 valence electrons. The Hall–Kier alpha value is -16.2. The van der Waals surface area contributed by atoms with Gasteiger partial charge in [-0.1, -0.05) is 358 Å². The van der Waals surface area contributed by atoms with Gasteiger partial charge in [-0.05, 0) is 76.9 Å². The van der Waals surface area contributed by atoms with Crippen molar-refractivity contribution < 1.29 is 0 Å². The summed E-state index contributed by atoms with van der Waals surface area (Å²) < 4.78 is 14.3. The molecule has 0 atom stereocenters. The quantitative estimate of drug-likeness (QED) is 0.124. The van der Waals surface area contributed by atoms with Gasteiger partial charge in [-0.3, -0.25) is 13.7 Å². The summed E-state index contributed by atoms with van der Waals surface area (Å²) in [5.41, 5.74) is 17.1. The fourth-order valence-corrected chi connectivity index (χ4v) is 21.7. The summed E-state index contributed by atoms with van der Waals surface area (Å²) >= 11 is 5.57. The van der Waals surface area contributed by atoms with Crippen molar-refractivity contribution in [2.45, 2.75) is 0 Å². The third-order valence-electron chi connectivity index (χ3n) is 23.6. The molecule has 126 heavy (non-hydrogen) atoms. The summed E-state index contributed by atoms with van der Waals surface area (Å²) in [6.07, 6.45) is 0. The van der Waals surface area contributed by atoms with Gasteiger partial charge in [0.15, 0.2) is 34.9 Å². The Labute approximate surface area is 734 Å². The summed E-state index contributed by atoms with van der Waals surface area (Å²) in [7, 11) is 0. The molecule has 15 heteroatoms. The lowest BCUT2D eigenvalue weighted by molar-refractivity contribution is 0.953. The second kappa shape index (κ2) is 31.1. The van der Waals surface area contributed by atoms with Crippen LogP contribution in [0.3, 0.4) is 0 Å². The van der Waals surface area contributed by atoms with Gasteiger partial charge in [0.1, 0.15) is 0 Å². The molecule has 9 aromatic heterocycles. The van der Waals surface area contributed by atoms with Crippen molar-refractivity contribution in [3.63, 3.8) is 0 Å². The minimum Gasteiger partial charge on any atom is -0.278 e. The van der Waals surface area contributed by atoms with Gasteiger partial charge in [0.2, 0.25) is 17.8 Å². The van der Waals surface area contributed by atoms with E-state index in [0.29, 0.717) is 52.8 Å². The van der Waals surface area contributed by atoms with Crippen LogP contribution in [-0.4, -0.2) is 58.6 Å². The van der Waals surface area contributed by atoms with Crippen LogP contribution in [-0.2, 0) is 0 Å². The molecule has 0 N–H and O–H groups in total. The maximum Gasteiger partial charge on any atom is 0.238 e. The van der Waals surface area contributed by atoms with Crippen molar-refractivity contribution in [2.75, 3.05) is 0 Å². The van der Waals surface area contributed by atoms with Crippen LogP contribution in [0, 0.1) is 0 Å². The van der Waals surface area contributed by atoms with Gasteiger partial charge in [-0.15, -0.1) is 34.0 Å². The first-order valence-corrected chi connectivity index (χ1v) is 44.3. The van der Waals surface area contributed by atoms with E-state index in [4.69, 9.17) is 44.9 Å². The predicted molar refractivity (Wildman–Crippen MR) is 525 cm³/mol. The molecule has 0 saturated carbocycles. The molecule has 0 aliphatic rings. The summed E-state index contributed by atoms with van der Waals surface area (Å²) in [4.78, 5) is 45.3. The summed E-state index contributed by atoms with van der Waals surface area (Å²) in [5, 5.41) is 14.9. The van der Waals surface area contributed by atoms with Gasteiger partial charge in [0.25, 0.3) is 0 Å². The molecule has 0 saturated heterocycles.